The first-order valence-corrected chi connectivity index (χ1v) is 11.4. The van der Waals surface area contributed by atoms with E-state index in [4.69, 9.17) is 10.5 Å². The lowest BCUT2D eigenvalue weighted by molar-refractivity contribution is -0.119. The predicted octanol–water partition coefficient (Wildman–Crippen LogP) is 1.54. The van der Waals surface area contributed by atoms with Crippen LogP contribution < -0.4 is 26.7 Å². The summed E-state index contributed by atoms with van der Waals surface area (Å²) in [4.78, 5) is 57.1. The molecule has 1 atom stereocenters. The Morgan fingerprint density at radius 3 is 2.97 bits per heavy atom. The van der Waals surface area contributed by atoms with Gasteiger partial charge in [0.2, 0.25) is 11.7 Å². The summed E-state index contributed by atoms with van der Waals surface area (Å²) in [5.41, 5.74) is 7.14. The Labute approximate surface area is 191 Å². The van der Waals surface area contributed by atoms with E-state index in [-0.39, 0.29) is 37.2 Å². The maximum absolute atomic E-state index is 12.9. The minimum atomic E-state index is -0.521. The fourth-order valence-electron chi connectivity index (χ4n) is 4.41. The van der Waals surface area contributed by atoms with E-state index in [1.807, 2.05) is 0 Å². The van der Waals surface area contributed by atoms with Crippen molar-refractivity contribution in [3.63, 3.8) is 0 Å². The van der Waals surface area contributed by atoms with Gasteiger partial charge in [-0.15, -0.1) is 11.3 Å². The standard InChI is InChI=1S/C22H21N5O5S/c23-15(28)7-11-2-1-3-14-17(11)18-20(30)26-19(27-22(18)33-14)21(31)24-8-10-4-5-13-12(6-10)25-16(29)9-32-13/h4-6,11H,1-3,7-9H2,(H2,23,28)(H,24,31)(H,25,29)(H,26,27,30)/t11-/m0/s1. The number of benzene rings is 1. The molecule has 0 saturated heterocycles. The summed E-state index contributed by atoms with van der Waals surface area (Å²) < 4.78 is 5.33. The fourth-order valence-corrected chi connectivity index (χ4v) is 5.71. The Morgan fingerprint density at radius 2 is 2.15 bits per heavy atom. The van der Waals surface area contributed by atoms with Gasteiger partial charge in [0.15, 0.2) is 6.61 Å². The smallest absolute Gasteiger partial charge is 0.287 e. The van der Waals surface area contributed by atoms with Gasteiger partial charge in [0.25, 0.3) is 17.4 Å². The minimum Gasteiger partial charge on any atom is -0.482 e. The van der Waals surface area contributed by atoms with Crippen molar-refractivity contribution in [2.45, 2.75) is 38.1 Å². The van der Waals surface area contributed by atoms with E-state index in [1.165, 1.54) is 11.3 Å². The first-order chi connectivity index (χ1) is 15.9. The highest BCUT2D eigenvalue weighted by atomic mass is 32.1. The summed E-state index contributed by atoms with van der Waals surface area (Å²) in [5.74, 6) is -0.774. The first-order valence-electron chi connectivity index (χ1n) is 10.6. The number of aromatic nitrogens is 2. The monoisotopic (exact) mass is 467 g/mol. The molecule has 3 amide bonds. The van der Waals surface area contributed by atoms with E-state index in [2.05, 4.69) is 20.6 Å². The lowest BCUT2D eigenvalue weighted by atomic mass is 9.84. The minimum absolute atomic E-state index is 0.0278. The van der Waals surface area contributed by atoms with E-state index in [9.17, 15) is 19.2 Å². The van der Waals surface area contributed by atoms with Crippen LogP contribution in [0.1, 0.15) is 51.8 Å². The number of nitrogens with zero attached hydrogens (tertiary/aromatic N) is 1. The molecule has 11 heteroatoms. The number of carbonyl (C=O) groups excluding carboxylic acids is 3. The Hall–Kier alpha value is -3.73. The van der Waals surface area contributed by atoms with E-state index < -0.39 is 17.4 Å². The number of hydrogen-bond acceptors (Lipinski definition) is 7. The van der Waals surface area contributed by atoms with Gasteiger partial charge in [-0.2, -0.15) is 0 Å². The molecule has 10 nitrogen and oxygen atoms in total. The number of fused-ring (bicyclic) bond motifs is 4. The predicted molar refractivity (Wildman–Crippen MR) is 121 cm³/mol. The third kappa shape index (κ3) is 4.07. The van der Waals surface area contributed by atoms with Crippen LogP contribution in [0.25, 0.3) is 10.2 Å². The van der Waals surface area contributed by atoms with Gasteiger partial charge in [-0.05, 0) is 48.4 Å². The van der Waals surface area contributed by atoms with E-state index in [0.717, 1.165) is 35.3 Å². The van der Waals surface area contributed by atoms with Crippen molar-refractivity contribution in [3.8, 4) is 5.75 Å². The molecule has 1 aliphatic heterocycles. The van der Waals surface area contributed by atoms with Crippen LogP contribution in [0.4, 0.5) is 5.69 Å². The molecule has 0 unspecified atom stereocenters. The largest absolute Gasteiger partial charge is 0.482 e. The molecule has 0 radical (unpaired) electrons. The maximum atomic E-state index is 12.9. The van der Waals surface area contributed by atoms with Crippen LogP contribution in [0.5, 0.6) is 5.75 Å². The van der Waals surface area contributed by atoms with Gasteiger partial charge in [-0.3, -0.25) is 19.2 Å². The van der Waals surface area contributed by atoms with E-state index in [1.54, 1.807) is 18.2 Å². The molecule has 1 aromatic carbocycles. The molecule has 0 fully saturated rings. The zero-order valence-corrected chi connectivity index (χ0v) is 18.3. The highest BCUT2D eigenvalue weighted by Crippen LogP contribution is 2.41. The zero-order chi connectivity index (χ0) is 23.1. The highest BCUT2D eigenvalue weighted by Gasteiger charge is 2.29. The number of rotatable bonds is 5. The number of aryl methyl sites for hydroxylation is 1. The molecule has 0 bridgehead atoms. The second-order valence-electron chi connectivity index (χ2n) is 8.14. The summed E-state index contributed by atoms with van der Waals surface area (Å²) in [5, 5.41) is 5.91. The first kappa shape index (κ1) is 21.1. The van der Waals surface area contributed by atoms with Crippen LogP contribution >= 0.6 is 11.3 Å². The number of amides is 3. The van der Waals surface area contributed by atoms with Crippen molar-refractivity contribution in [2.24, 2.45) is 5.73 Å². The zero-order valence-electron chi connectivity index (χ0n) is 17.5. The van der Waals surface area contributed by atoms with Gasteiger partial charge in [-0.25, -0.2) is 4.98 Å². The summed E-state index contributed by atoms with van der Waals surface area (Å²) in [6.07, 6.45) is 2.70. The van der Waals surface area contributed by atoms with Crippen LogP contribution in [0, 0.1) is 0 Å². The second-order valence-corrected chi connectivity index (χ2v) is 9.23. The van der Waals surface area contributed by atoms with Gasteiger partial charge in [0, 0.05) is 17.8 Å². The van der Waals surface area contributed by atoms with E-state index in [0.29, 0.717) is 21.7 Å². The Bertz CT molecular complexity index is 1360. The number of ether oxygens (including phenoxy) is 1. The van der Waals surface area contributed by atoms with Gasteiger partial charge < -0.3 is 26.1 Å². The Kier molecular flexibility index (Phi) is 5.33. The van der Waals surface area contributed by atoms with Gasteiger partial charge in [-0.1, -0.05) is 6.07 Å². The quantitative estimate of drug-likeness (QED) is 0.446. The highest BCUT2D eigenvalue weighted by molar-refractivity contribution is 7.18. The lowest BCUT2D eigenvalue weighted by Gasteiger charge is -2.21. The van der Waals surface area contributed by atoms with Crippen LogP contribution in [0.2, 0.25) is 0 Å². The summed E-state index contributed by atoms with van der Waals surface area (Å²) in [6, 6.07) is 5.22. The summed E-state index contributed by atoms with van der Waals surface area (Å²) in [6.45, 7) is 0.144. The molecule has 3 heterocycles. The number of anilines is 1. The summed E-state index contributed by atoms with van der Waals surface area (Å²) >= 11 is 1.39. The number of hydrogen-bond donors (Lipinski definition) is 4. The van der Waals surface area contributed by atoms with Crippen LogP contribution in [0.15, 0.2) is 23.0 Å². The van der Waals surface area contributed by atoms with Crippen molar-refractivity contribution >= 4 is 45.0 Å². The molecule has 2 aliphatic rings. The number of nitrogens with one attached hydrogen (secondary N) is 3. The van der Waals surface area contributed by atoms with E-state index >= 15 is 0 Å². The maximum Gasteiger partial charge on any atom is 0.287 e. The van der Waals surface area contributed by atoms with Crippen molar-refractivity contribution in [1.29, 1.82) is 0 Å². The van der Waals surface area contributed by atoms with Gasteiger partial charge in [0.1, 0.15) is 10.6 Å². The molecular weight excluding hydrogens is 446 g/mol. The topological polar surface area (TPSA) is 156 Å². The Balaban J connectivity index is 1.38. The summed E-state index contributed by atoms with van der Waals surface area (Å²) in [7, 11) is 0. The third-order valence-corrected chi connectivity index (χ3v) is 6.99. The average Bonchev–Trinajstić information content (AvgIpc) is 3.16. The number of thiophene rings is 1. The van der Waals surface area contributed by atoms with Crippen LogP contribution in [0.3, 0.4) is 0 Å². The number of H-pyrrole nitrogens is 1. The SMILES string of the molecule is NC(=O)C[C@@H]1CCCc2sc3nc(C(=O)NCc4ccc5c(c4)NC(=O)CO5)[nH]c(=O)c3c21. The molecule has 0 spiro atoms. The normalized spacial score (nSPS) is 17.0. The van der Waals surface area contributed by atoms with Crippen LogP contribution in [-0.4, -0.2) is 34.3 Å². The average molecular weight is 468 g/mol. The van der Waals surface area contributed by atoms with Crippen molar-refractivity contribution in [2.75, 3.05) is 11.9 Å². The van der Waals surface area contributed by atoms with Gasteiger partial charge >= 0.3 is 0 Å². The van der Waals surface area contributed by atoms with Crippen molar-refractivity contribution in [1.82, 2.24) is 15.3 Å². The van der Waals surface area contributed by atoms with Gasteiger partial charge in [0.05, 0.1) is 11.1 Å². The third-order valence-electron chi connectivity index (χ3n) is 5.83. The van der Waals surface area contributed by atoms with Crippen LogP contribution in [-0.2, 0) is 22.6 Å². The molecule has 5 rings (SSSR count). The second kappa shape index (κ2) is 8.32. The fraction of sp³-hybridized carbons (Fsp3) is 0.318. The van der Waals surface area contributed by atoms with Crippen molar-refractivity contribution in [3.05, 3.63) is 50.4 Å². The molecule has 33 heavy (non-hydrogen) atoms. The molecule has 2 aromatic heterocycles. The number of carbonyl (C=O) groups is 3. The molecule has 170 valence electrons. The number of primary amides is 1. The number of aromatic amines is 1. The molecule has 0 saturated carbocycles. The lowest BCUT2D eigenvalue weighted by Crippen LogP contribution is -2.28. The molecule has 1 aliphatic carbocycles. The molecule has 5 N–H and O–H groups in total. The van der Waals surface area contributed by atoms with Crippen molar-refractivity contribution < 1.29 is 19.1 Å². The molecular formula is C22H21N5O5S. The number of nitrogens with two attached hydrogens (primary N) is 1. The Morgan fingerprint density at radius 1 is 1.30 bits per heavy atom. The molecule has 3 aromatic rings.